The van der Waals surface area contributed by atoms with Gasteiger partial charge >= 0.3 is 5.97 Å². The molecule has 0 atom stereocenters. The predicted molar refractivity (Wildman–Crippen MR) is 55.5 cm³/mol. The molecule has 1 amide bonds. The third-order valence-corrected chi connectivity index (χ3v) is 2.71. The van der Waals surface area contributed by atoms with Crippen LogP contribution in [0.5, 0.6) is 0 Å². The van der Waals surface area contributed by atoms with E-state index in [1.807, 2.05) is 0 Å². The summed E-state index contributed by atoms with van der Waals surface area (Å²) in [4.78, 5) is 24.1. The molecule has 0 unspecified atom stereocenters. The molecule has 0 spiro atoms. The molecule has 0 aromatic carbocycles. The van der Waals surface area contributed by atoms with E-state index in [0.717, 1.165) is 12.8 Å². The Morgan fingerprint density at radius 1 is 1.47 bits per heavy atom. The average Bonchev–Trinajstić information content (AvgIpc) is 2.96. The van der Waals surface area contributed by atoms with Crippen LogP contribution in [0.3, 0.4) is 0 Å². The average molecular weight is 214 g/mol. The van der Waals surface area contributed by atoms with E-state index in [2.05, 4.69) is 5.32 Å². The van der Waals surface area contributed by atoms with Gasteiger partial charge in [-0.2, -0.15) is 0 Å². The number of hydrogen-bond donors (Lipinski definition) is 2. The Morgan fingerprint density at radius 2 is 2.00 bits per heavy atom. The molecule has 0 aromatic rings. The van der Waals surface area contributed by atoms with Crippen LogP contribution in [0.25, 0.3) is 0 Å². The van der Waals surface area contributed by atoms with Crippen molar-refractivity contribution < 1.29 is 14.7 Å². The first-order valence-corrected chi connectivity index (χ1v) is 5.10. The highest BCUT2D eigenvalue weighted by Crippen LogP contribution is 2.28. The van der Waals surface area contributed by atoms with E-state index in [9.17, 15) is 9.59 Å². The second-order valence-corrected chi connectivity index (χ2v) is 4.43. The monoisotopic (exact) mass is 214 g/mol. The van der Waals surface area contributed by atoms with Crippen molar-refractivity contribution in [3.63, 3.8) is 0 Å². The van der Waals surface area contributed by atoms with Crippen molar-refractivity contribution in [3.05, 3.63) is 0 Å². The molecule has 1 fully saturated rings. The van der Waals surface area contributed by atoms with Crippen LogP contribution in [-0.2, 0) is 9.59 Å². The third kappa shape index (κ3) is 2.92. The molecule has 5 heteroatoms. The number of aliphatic carboxylic acids is 1. The summed E-state index contributed by atoms with van der Waals surface area (Å²) in [6.45, 7) is 3.31. The Balaban J connectivity index is 2.71. The molecule has 15 heavy (non-hydrogen) atoms. The molecule has 0 heterocycles. The van der Waals surface area contributed by atoms with Crippen LogP contribution in [0.2, 0.25) is 0 Å². The molecule has 1 rings (SSSR count). The van der Waals surface area contributed by atoms with Crippen LogP contribution in [0.4, 0.5) is 0 Å². The number of carbonyl (C=O) groups is 2. The lowest BCUT2D eigenvalue weighted by atomic mass is 10.0. The van der Waals surface area contributed by atoms with Gasteiger partial charge in [0.2, 0.25) is 5.91 Å². The zero-order valence-corrected chi connectivity index (χ0v) is 9.41. The van der Waals surface area contributed by atoms with Crippen LogP contribution in [0.15, 0.2) is 0 Å². The van der Waals surface area contributed by atoms with Crippen molar-refractivity contribution in [3.8, 4) is 0 Å². The standard InChI is InChI=1S/C10H18N2O3/c1-10(2,11-3)9(15)12(6-8(13)14)7-4-5-7/h7,11H,4-6H2,1-3H3,(H,13,14). The van der Waals surface area contributed by atoms with Gasteiger partial charge in [0.05, 0.1) is 5.54 Å². The summed E-state index contributed by atoms with van der Waals surface area (Å²) in [6.07, 6.45) is 1.83. The van der Waals surface area contributed by atoms with Crippen LogP contribution < -0.4 is 5.32 Å². The number of carboxylic acid groups (broad SMARTS) is 1. The van der Waals surface area contributed by atoms with Gasteiger partial charge in [-0.1, -0.05) is 0 Å². The molecule has 2 N–H and O–H groups in total. The van der Waals surface area contributed by atoms with Gasteiger partial charge in [-0.05, 0) is 33.7 Å². The number of nitrogens with zero attached hydrogens (tertiary/aromatic N) is 1. The number of nitrogens with one attached hydrogen (secondary N) is 1. The normalized spacial score (nSPS) is 16.2. The van der Waals surface area contributed by atoms with Gasteiger partial charge in [-0.15, -0.1) is 0 Å². The number of likely N-dealkylation sites (N-methyl/N-ethyl adjacent to an activating group) is 1. The second-order valence-electron chi connectivity index (χ2n) is 4.43. The summed E-state index contributed by atoms with van der Waals surface area (Å²) in [7, 11) is 1.70. The molecule has 0 aliphatic heterocycles. The predicted octanol–water partition coefficient (Wildman–Crippen LogP) is 0.0600. The molecule has 0 saturated heterocycles. The van der Waals surface area contributed by atoms with Crippen molar-refractivity contribution in [1.29, 1.82) is 0 Å². The largest absolute Gasteiger partial charge is 0.480 e. The molecular formula is C10H18N2O3. The summed E-state index contributed by atoms with van der Waals surface area (Å²) < 4.78 is 0. The van der Waals surface area contributed by atoms with Gasteiger partial charge in [0.1, 0.15) is 6.54 Å². The summed E-state index contributed by atoms with van der Waals surface area (Å²) in [5.41, 5.74) is -0.696. The van der Waals surface area contributed by atoms with E-state index in [1.54, 1.807) is 20.9 Å². The van der Waals surface area contributed by atoms with E-state index < -0.39 is 11.5 Å². The molecule has 0 radical (unpaired) electrons. The third-order valence-electron chi connectivity index (χ3n) is 2.71. The van der Waals surface area contributed by atoms with Crippen LogP contribution in [-0.4, -0.2) is 47.1 Å². The van der Waals surface area contributed by atoms with Crippen molar-refractivity contribution in [2.45, 2.75) is 38.3 Å². The topological polar surface area (TPSA) is 69.6 Å². The summed E-state index contributed by atoms with van der Waals surface area (Å²) in [6, 6.07) is 0.126. The van der Waals surface area contributed by atoms with Crippen LogP contribution in [0.1, 0.15) is 26.7 Å². The maximum atomic E-state index is 12.0. The van der Waals surface area contributed by atoms with Crippen molar-refractivity contribution in [1.82, 2.24) is 10.2 Å². The van der Waals surface area contributed by atoms with Gasteiger partial charge in [-0.3, -0.25) is 9.59 Å². The Hall–Kier alpha value is -1.10. The number of hydrogen-bond acceptors (Lipinski definition) is 3. The fraction of sp³-hybridized carbons (Fsp3) is 0.800. The van der Waals surface area contributed by atoms with Crippen LogP contribution >= 0.6 is 0 Å². The summed E-state index contributed by atoms with van der Waals surface area (Å²) in [5, 5.41) is 11.6. The minimum absolute atomic E-state index is 0.126. The fourth-order valence-electron chi connectivity index (χ4n) is 1.36. The minimum atomic E-state index is -0.956. The van der Waals surface area contributed by atoms with Crippen molar-refractivity contribution >= 4 is 11.9 Å². The lowest BCUT2D eigenvalue weighted by molar-refractivity contribution is -0.147. The highest BCUT2D eigenvalue weighted by molar-refractivity contribution is 5.88. The molecule has 86 valence electrons. The SMILES string of the molecule is CNC(C)(C)C(=O)N(CC(=O)O)C1CC1. The smallest absolute Gasteiger partial charge is 0.323 e. The lowest BCUT2D eigenvalue weighted by Gasteiger charge is -2.30. The second kappa shape index (κ2) is 4.18. The highest BCUT2D eigenvalue weighted by Gasteiger charge is 2.39. The minimum Gasteiger partial charge on any atom is -0.480 e. The van der Waals surface area contributed by atoms with Gasteiger partial charge in [0.15, 0.2) is 0 Å². The van der Waals surface area contributed by atoms with E-state index in [4.69, 9.17) is 5.11 Å². The fourth-order valence-corrected chi connectivity index (χ4v) is 1.36. The molecule has 1 aliphatic rings. The van der Waals surface area contributed by atoms with Gasteiger partial charge in [0, 0.05) is 6.04 Å². The number of carbonyl (C=O) groups excluding carboxylic acids is 1. The van der Waals surface area contributed by atoms with Crippen molar-refractivity contribution in [2.24, 2.45) is 0 Å². The molecule has 1 aliphatic carbocycles. The molecule has 1 saturated carbocycles. The number of rotatable bonds is 5. The first-order valence-electron chi connectivity index (χ1n) is 5.10. The zero-order chi connectivity index (χ0) is 11.6. The number of carboxylic acids is 1. The van der Waals surface area contributed by atoms with Crippen LogP contribution in [0, 0.1) is 0 Å². The zero-order valence-electron chi connectivity index (χ0n) is 9.41. The molecular weight excluding hydrogens is 196 g/mol. The van der Waals surface area contributed by atoms with Crippen molar-refractivity contribution in [2.75, 3.05) is 13.6 Å². The Morgan fingerprint density at radius 3 is 2.33 bits per heavy atom. The Kier molecular flexibility index (Phi) is 3.34. The molecule has 0 bridgehead atoms. The molecule has 5 nitrogen and oxygen atoms in total. The lowest BCUT2D eigenvalue weighted by Crippen LogP contribution is -2.54. The van der Waals surface area contributed by atoms with Gasteiger partial charge in [0.25, 0.3) is 0 Å². The Bertz CT molecular complexity index is 272. The maximum absolute atomic E-state index is 12.0. The van der Waals surface area contributed by atoms with E-state index in [0.29, 0.717) is 0 Å². The first kappa shape index (κ1) is 12.0. The van der Waals surface area contributed by atoms with E-state index in [-0.39, 0.29) is 18.5 Å². The highest BCUT2D eigenvalue weighted by atomic mass is 16.4. The quantitative estimate of drug-likeness (QED) is 0.679. The van der Waals surface area contributed by atoms with E-state index in [1.165, 1.54) is 4.90 Å². The summed E-state index contributed by atoms with van der Waals surface area (Å²) in [5.74, 6) is -1.10. The Labute approximate surface area is 89.4 Å². The van der Waals surface area contributed by atoms with E-state index >= 15 is 0 Å². The summed E-state index contributed by atoms with van der Waals surface area (Å²) >= 11 is 0. The first-order chi connectivity index (χ1) is 6.88. The number of amides is 1. The van der Waals surface area contributed by atoms with Gasteiger partial charge < -0.3 is 15.3 Å². The molecule has 0 aromatic heterocycles. The van der Waals surface area contributed by atoms with Gasteiger partial charge in [-0.25, -0.2) is 0 Å². The maximum Gasteiger partial charge on any atom is 0.323 e.